The standard InChI is InChI=1S/C28H21F3N4O7S2/c1-2-34(43(38,39)21-11-7-19(15-32)8-12-21)25-16-33-27(24-6-4-3-5-23(24)25)35(17-42-18-36)44(40,41)22-13-9-20(10-14-22)26(37)28(29,30)31/h3-14,16,18H,2,17H2,1H3. The maximum atomic E-state index is 13.7. The second kappa shape index (κ2) is 12.3. The highest BCUT2D eigenvalue weighted by atomic mass is 32.2. The molecular weight excluding hydrogens is 625 g/mol. The molecule has 0 radical (unpaired) electrons. The number of nitrogens with zero attached hydrogens (tertiary/aromatic N) is 4. The maximum absolute atomic E-state index is 13.7. The van der Waals surface area contributed by atoms with Gasteiger partial charge in [0.15, 0.2) is 12.5 Å². The van der Waals surface area contributed by atoms with E-state index in [1.165, 1.54) is 42.5 Å². The number of sulfonamides is 2. The fraction of sp³-hybridized carbons (Fsp3) is 0.143. The molecular formula is C28H21F3N4O7S2. The molecule has 0 aliphatic heterocycles. The van der Waals surface area contributed by atoms with Crippen LogP contribution in [0.4, 0.5) is 24.7 Å². The van der Waals surface area contributed by atoms with Crippen molar-refractivity contribution in [2.24, 2.45) is 0 Å². The lowest BCUT2D eigenvalue weighted by atomic mass is 10.1. The van der Waals surface area contributed by atoms with Crippen molar-refractivity contribution in [2.75, 3.05) is 21.9 Å². The summed E-state index contributed by atoms with van der Waals surface area (Å²) in [5, 5.41) is 9.42. The van der Waals surface area contributed by atoms with Gasteiger partial charge in [0.25, 0.3) is 32.3 Å². The summed E-state index contributed by atoms with van der Waals surface area (Å²) < 4.78 is 99.5. The Morgan fingerprint density at radius 2 is 1.45 bits per heavy atom. The van der Waals surface area contributed by atoms with Crippen LogP contribution < -0.4 is 8.61 Å². The van der Waals surface area contributed by atoms with E-state index in [4.69, 9.17) is 10.00 Å². The van der Waals surface area contributed by atoms with E-state index in [1.54, 1.807) is 13.0 Å². The molecule has 0 aliphatic rings. The highest BCUT2D eigenvalue weighted by molar-refractivity contribution is 7.93. The van der Waals surface area contributed by atoms with Gasteiger partial charge in [0.1, 0.15) is 0 Å². The minimum atomic E-state index is -5.17. The van der Waals surface area contributed by atoms with Gasteiger partial charge in [-0.3, -0.25) is 13.9 Å². The third-order valence-electron chi connectivity index (χ3n) is 6.34. The van der Waals surface area contributed by atoms with Crippen LogP contribution in [0.2, 0.25) is 0 Å². The van der Waals surface area contributed by atoms with Crippen LogP contribution in [0.5, 0.6) is 0 Å². The number of pyridine rings is 1. The zero-order valence-corrected chi connectivity index (χ0v) is 24.2. The molecule has 0 aliphatic carbocycles. The van der Waals surface area contributed by atoms with Gasteiger partial charge in [-0.2, -0.15) is 18.4 Å². The van der Waals surface area contributed by atoms with Crippen LogP contribution in [0.25, 0.3) is 10.8 Å². The molecule has 0 saturated carbocycles. The van der Waals surface area contributed by atoms with E-state index in [0.717, 1.165) is 22.6 Å². The zero-order chi connectivity index (χ0) is 32.3. The highest BCUT2D eigenvalue weighted by Gasteiger charge is 2.39. The van der Waals surface area contributed by atoms with Gasteiger partial charge in [-0.15, -0.1) is 0 Å². The number of Topliss-reactive ketones (excluding diaryl/α,β-unsaturated/α-hetero) is 1. The Morgan fingerprint density at radius 3 is 1.98 bits per heavy atom. The zero-order valence-electron chi connectivity index (χ0n) is 22.6. The van der Waals surface area contributed by atoms with E-state index in [9.17, 15) is 39.6 Å². The number of ketones is 1. The molecule has 1 heterocycles. The van der Waals surface area contributed by atoms with Crippen molar-refractivity contribution in [1.29, 1.82) is 5.26 Å². The number of halogens is 3. The highest BCUT2D eigenvalue weighted by Crippen LogP contribution is 2.36. The van der Waals surface area contributed by atoms with Crippen molar-refractivity contribution in [3.05, 3.63) is 90.1 Å². The van der Waals surface area contributed by atoms with Gasteiger partial charge in [-0.1, -0.05) is 24.3 Å². The van der Waals surface area contributed by atoms with Crippen molar-refractivity contribution in [1.82, 2.24) is 4.98 Å². The van der Waals surface area contributed by atoms with E-state index in [1.807, 2.05) is 6.07 Å². The molecule has 0 spiro atoms. The van der Waals surface area contributed by atoms with E-state index in [-0.39, 0.29) is 45.8 Å². The molecule has 0 unspecified atom stereocenters. The average Bonchev–Trinajstić information content (AvgIpc) is 3.01. The van der Waals surface area contributed by atoms with Crippen LogP contribution in [0.3, 0.4) is 0 Å². The molecule has 4 aromatic rings. The number of fused-ring (bicyclic) bond motifs is 1. The molecule has 0 atom stereocenters. The normalized spacial score (nSPS) is 11.9. The first-order valence-corrected chi connectivity index (χ1v) is 15.4. The fourth-order valence-electron chi connectivity index (χ4n) is 4.27. The van der Waals surface area contributed by atoms with Gasteiger partial charge in [0.2, 0.25) is 0 Å². The fourth-order valence-corrected chi connectivity index (χ4v) is 7.06. The molecule has 228 valence electrons. The number of aromatic nitrogens is 1. The lowest BCUT2D eigenvalue weighted by Crippen LogP contribution is -2.35. The van der Waals surface area contributed by atoms with Crippen molar-refractivity contribution in [3.63, 3.8) is 0 Å². The summed E-state index contributed by atoms with van der Waals surface area (Å²) in [6.07, 6.45) is -4.05. The second-order valence-electron chi connectivity index (χ2n) is 8.92. The third kappa shape index (κ3) is 6.05. The largest absolute Gasteiger partial charge is 0.454 e. The number of nitriles is 1. The Bertz CT molecular complexity index is 1980. The number of carbonyl (C=O) groups excluding carboxylic acids is 2. The molecule has 1 aromatic heterocycles. The van der Waals surface area contributed by atoms with Gasteiger partial charge in [-0.05, 0) is 55.5 Å². The van der Waals surface area contributed by atoms with Crippen LogP contribution in [0.15, 0.2) is 88.8 Å². The number of alkyl halides is 3. The smallest absolute Gasteiger partial charge is 0.445 e. The van der Waals surface area contributed by atoms with Crippen molar-refractivity contribution < 1.29 is 44.3 Å². The first-order chi connectivity index (χ1) is 20.8. The predicted molar refractivity (Wildman–Crippen MR) is 152 cm³/mol. The SMILES string of the molecule is CCN(c1cnc(N(COC=O)S(=O)(=O)c2ccc(C(=O)C(F)(F)F)cc2)c2ccccc12)S(=O)(=O)c1ccc(C#N)cc1. The molecule has 44 heavy (non-hydrogen) atoms. The van der Waals surface area contributed by atoms with Crippen molar-refractivity contribution in [2.45, 2.75) is 22.9 Å². The summed E-state index contributed by atoms with van der Waals surface area (Å²) in [6, 6.07) is 16.2. The van der Waals surface area contributed by atoms with Gasteiger partial charge < -0.3 is 4.74 Å². The Morgan fingerprint density at radius 1 is 0.909 bits per heavy atom. The van der Waals surface area contributed by atoms with Crippen molar-refractivity contribution >= 4 is 54.6 Å². The number of rotatable bonds is 11. The number of benzene rings is 3. The van der Waals surface area contributed by atoms with Crippen LogP contribution in [0, 0.1) is 11.3 Å². The van der Waals surface area contributed by atoms with Gasteiger partial charge >= 0.3 is 6.18 Å². The summed E-state index contributed by atoms with van der Waals surface area (Å²) in [4.78, 5) is 26.2. The van der Waals surface area contributed by atoms with Crippen LogP contribution in [0.1, 0.15) is 22.8 Å². The summed E-state index contributed by atoms with van der Waals surface area (Å²) >= 11 is 0. The van der Waals surface area contributed by atoms with Gasteiger partial charge in [0.05, 0.1) is 33.3 Å². The number of hydrogen-bond acceptors (Lipinski definition) is 9. The van der Waals surface area contributed by atoms with Gasteiger partial charge in [0, 0.05) is 22.9 Å². The number of hydrogen-bond donors (Lipinski definition) is 0. The minimum Gasteiger partial charge on any atom is -0.445 e. The lowest BCUT2D eigenvalue weighted by molar-refractivity contribution is -0.128. The summed E-state index contributed by atoms with van der Waals surface area (Å²) in [7, 11) is -8.86. The Balaban J connectivity index is 1.84. The Hall–Kier alpha value is -5.01. The molecule has 0 N–H and O–H groups in total. The monoisotopic (exact) mass is 646 g/mol. The van der Waals surface area contributed by atoms with E-state index < -0.39 is 49.2 Å². The van der Waals surface area contributed by atoms with Crippen LogP contribution >= 0.6 is 0 Å². The number of carbonyl (C=O) groups is 2. The Labute approximate surface area is 249 Å². The van der Waals surface area contributed by atoms with E-state index >= 15 is 0 Å². The molecule has 4 rings (SSSR count). The molecule has 11 nitrogen and oxygen atoms in total. The van der Waals surface area contributed by atoms with E-state index in [2.05, 4.69) is 4.98 Å². The van der Waals surface area contributed by atoms with Crippen LogP contribution in [-0.4, -0.2) is 53.5 Å². The minimum absolute atomic E-state index is 0.0207. The maximum Gasteiger partial charge on any atom is 0.454 e. The molecule has 16 heteroatoms. The summed E-state index contributed by atoms with van der Waals surface area (Å²) in [5.74, 6) is -2.45. The summed E-state index contributed by atoms with van der Waals surface area (Å²) in [6.45, 7) is 0.595. The predicted octanol–water partition coefficient (Wildman–Crippen LogP) is 4.39. The molecule has 0 bridgehead atoms. The average molecular weight is 647 g/mol. The first kappa shape index (κ1) is 31.9. The number of ether oxygens (including phenoxy) is 1. The molecule has 0 amide bonds. The van der Waals surface area contributed by atoms with E-state index in [0.29, 0.717) is 16.4 Å². The molecule has 0 saturated heterocycles. The Kier molecular flexibility index (Phi) is 8.93. The summed E-state index contributed by atoms with van der Waals surface area (Å²) in [5.41, 5.74) is -0.452. The third-order valence-corrected chi connectivity index (χ3v) is 9.97. The first-order valence-electron chi connectivity index (χ1n) is 12.5. The van der Waals surface area contributed by atoms with Gasteiger partial charge in [-0.25, -0.2) is 26.1 Å². The second-order valence-corrected chi connectivity index (χ2v) is 12.6. The molecule has 0 fully saturated rings. The number of anilines is 2. The quantitative estimate of drug-likeness (QED) is 0.131. The topological polar surface area (TPSA) is 155 Å². The molecule has 3 aromatic carbocycles. The van der Waals surface area contributed by atoms with Crippen LogP contribution in [-0.2, 0) is 29.6 Å². The lowest BCUT2D eigenvalue weighted by Gasteiger charge is -2.27. The van der Waals surface area contributed by atoms with Crippen molar-refractivity contribution in [3.8, 4) is 6.07 Å².